The highest BCUT2D eigenvalue weighted by Crippen LogP contribution is 2.33. The number of thioether (sulfide) groups is 1. The van der Waals surface area contributed by atoms with Crippen LogP contribution in [-0.2, 0) is 9.59 Å². The Bertz CT molecular complexity index is 546. The van der Waals surface area contributed by atoms with Crippen molar-refractivity contribution in [3.05, 3.63) is 18.2 Å². The predicted molar refractivity (Wildman–Crippen MR) is 86.4 cm³/mol. The Morgan fingerprint density at radius 1 is 1.48 bits per heavy atom. The Labute approximate surface area is 129 Å². The Balaban J connectivity index is 2.07. The van der Waals surface area contributed by atoms with Gasteiger partial charge in [-0.1, -0.05) is 13.8 Å². The second-order valence-corrected chi connectivity index (χ2v) is 6.62. The summed E-state index contributed by atoms with van der Waals surface area (Å²) in [5.41, 5.74) is 7.12. The molecule has 0 fully saturated rings. The number of carbonyl (C=O) groups is 2. The van der Waals surface area contributed by atoms with E-state index >= 15 is 0 Å². The molecule has 1 aliphatic rings. The number of anilines is 2. The maximum Gasteiger partial charge on any atom is 0.234 e. The zero-order chi connectivity index (χ0) is 15.4. The smallest absolute Gasteiger partial charge is 0.234 e. The first-order valence-corrected chi connectivity index (χ1v) is 8.05. The average Bonchev–Trinajstić information content (AvgIpc) is 2.44. The summed E-state index contributed by atoms with van der Waals surface area (Å²) in [6.45, 7) is 4.48. The van der Waals surface area contributed by atoms with Gasteiger partial charge in [0, 0.05) is 17.1 Å². The molecule has 0 saturated carbocycles. The summed E-state index contributed by atoms with van der Waals surface area (Å²) in [7, 11) is 0. The number of benzene rings is 1. The van der Waals surface area contributed by atoms with Gasteiger partial charge in [0.05, 0.1) is 17.4 Å². The molecule has 2 amide bonds. The molecule has 1 heterocycles. The van der Waals surface area contributed by atoms with Gasteiger partial charge in [-0.2, -0.15) is 0 Å². The van der Waals surface area contributed by atoms with Gasteiger partial charge < -0.3 is 16.4 Å². The molecule has 2 rings (SSSR count). The summed E-state index contributed by atoms with van der Waals surface area (Å²) in [5.74, 6) is 0.576. The molecule has 1 aliphatic heterocycles. The van der Waals surface area contributed by atoms with Crippen LogP contribution >= 0.6 is 11.8 Å². The fraction of sp³-hybridized carbons (Fsp3) is 0.467. The molecule has 21 heavy (non-hydrogen) atoms. The number of hydrogen-bond acceptors (Lipinski definition) is 4. The van der Waals surface area contributed by atoms with E-state index < -0.39 is 0 Å². The summed E-state index contributed by atoms with van der Waals surface area (Å²) in [6.07, 6.45) is 0.764. The molecule has 0 bridgehead atoms. The lowest BCUT2D eigenvalue weighted by molar-refractivity contribution is -0.120. The first-order chi connectivity index (χ1) is 9.99. The maximum atomic E-state index is 12.2. The minimum atomic E-state index is -0.190. The molecule has 6 heteroatoms. The average molecular weight is 307 g/mol. The fourth-order valence-electron chi connectivity index (χ4n) is 2.28. The second-order valence-electron chi connectivity index (χ2n) is 5.60. The van der Waals surface area contributed by atoms with Gasteiger partial charge in [0.1, 0.15) is 0 Å². The Morgan fingerprint density at radius 2 is 2.24 bits per heavy atom. The molecule has 1 atom stereocenters. The SMILES string of the molecule is CC(C)CC(CN)C(=O)Nc1ccc2c(c1)NC(=O)CS2. The Kier molecular flexibility index (Phi) is 5.25. The highest BCUT2D eigenvalue weighted by molar-refractivity contribution is 8.00. The van der Waals surface area contributed by atoms with Crippen LogP contribution in [0.4, 0.5) is 11.4 Å². The van der Waals surface area contributed by atoms with Crippen molar-refractivity contribution in [3.8, 4) is 0 Å². The summed E-state index contributed by atoms with van der Waals surface area (Å²) >= 11 is 1.50. The predicted octanol–water partition coefficient (Wildman–Crippen LogP) is 2.29. The highest BCUT2D eigenvalue weighted by atomic mass is 32.2. The summed E-state index contributed by atoms with van der Waals surface area (Å²) in [4.78, 5) is 24.6. The van der Waals surface area contributed by atoms with E-state index in [-0.39, 0.29) is 17.7 Å². The molecule has 0 spiro atoms. The third-order valence-corrected chi connectivity index (χ3v) is 4.36. The van der Waals surface area contributed by atoms with Crippen molar-refractivity contribution >= 4 is 35.0 Å². The van der Waals surface area contributed by atoms with Crippen molar-refractivity contribution < 1.29 is 9.59 Å². The molecule has 0 radical (unpaired) electrons. The quantitative estimate of drug-likeness (QED) is 0.779. The van der Waals surface area contributed by atoms with Crippen LogP contribution in [0, 0.1) is 11.8 Å². The highest BCUT2D eigenvalue weighted by Gasteiger charge is 2.20. The first kappa shape index (κ1) is 15.9. The van der Waals surface area contributed by atoms with Gasteiger partial charge in [-0.15, -0.1) is 11.8 Å². The molecule has 1 aromatic rings. The zero-order valence-corrected chi connectivity index (χ0v) is 13.1. The summed E-state index contributed by atoms with van der Waals surface area (Å²) in [6, 6.07) is 5.55. The second kappa shape index (κ2) is 6.95. The van der Waals surface area contributed by atoms with Crippen LogP contribution < -0.4 is 16.4 Å². The van der Waals surface area contributed by atoms with Gasteiger partial charge in [-0.3, -0.25) is 9.59 Å². The van der Waals surface area contributed by atoms with Gasteiger partial charge in [-0.25, -0.2) is 0 Å². The van der Waals surface area contributed by atoms with Gasteiger partial charge in [0.15, 0.2) is 0 Å². The lowest BCUT2D eigenvalue weighted by Crippen LogP contribution is -2.30. The lowest BCUT2D eigenvalue weighted by Gasteiger charge is -2.19. The van der Waals surface area contributed by atoms with Gasteiger partial charge in [0.25, 0.3) is 0 Å². The maximum absolute atomic E-state index is 12.2. The molecule has 0 saturated heterocycles. The Hall–Kier alpha value is -1.53. The van der Waals surface area contributed by atoms with E-state index in [4.69, 9.17) is 5.73 Å². The topological polar surface area (TPSA) is 84.2 Å². The van der Waals surface area contributed by atoms with Crippen LogP contribution in [0.2, 0.25) is 0 Å². The zero-order valence-electron chi connectivity index (χ0n) is 12.3. The minimum Gasteiger partial charge on any atom is -0.330 e. The van der Waals surface area contributed by atoms with Crippen molar-refractivity contribution in [1.29, 1.82) is 0 Å². The summed E-state index contributed by atoms with van der Waals surface area (Å²) in [5, 5.41) is 5.70. The number of nitrogens with two attached hydrogens (primary N) is 1. The monoisotopic (exact) mass is 307 g/mol. The van der Waals surface area contributed by atoms with Gasteiger partial charge in [-0.05, 0) is 30.5 Å². The van der Waals surface area contributed by atoms with Crippen molar-refractivity contribution in [2.75, 3.05) is 22.9 Å². The van der Waals surface area contributed by atoms with Crippen molar-refractivity contribution in [1.82, 2.24) is 0 Å². The van der Waals surface area contributed by atoms with E-state index in [2.05, 4.69) is 24.5 Å². The molecule has 5 nitrogen and oxygen atoms in total. The molecular weight excluding hydrogens is 286 g/mol. The van der Waals surface area contributed by atoms with Gasteiger partial charge in [0.2, 0.25) is 11.8 Å². The number of rotatable bonds is 5. The van der Waals surface area contributed by atoms with Crippen LogP contribution in [0.3, 0.4) is 0 Å². The van der Waals surface area contributed by atoms with Crippen molar-refractivity contribution in [2.45, 2.75) is 25.2 Å². The number of fused-ring (bicyclic) bond motifs is 1. The van der Waals surface area contributed by atoms with Crippen LogP contribution in [0.5, 0.6) is 0 Å². The lowest BCUT2D eigenvalue weighted by atomic mass is 9.96. The van der Waals surface area contributed by atoms with E-state index in [1.807, 2.05) is 12.1 Å². The molecule has 114 valence electrons. The number of amides is 2. The standard InChI is InChI=1S/C15H21N3O2S/c1-9(2)5-10(7-16)15(20)17-11-3-4-13-12(6-11)18-14(19)8-21-13/h3-4,6,9-10H,5,7-8,16H2,1-2H3,(H,17,20)(H,18,19). The Morgan fingerprint density at radius 3 is 2.90 bits per heavy atom. The van der Waals surface area contributed by atoms with E-state index in [9.17, 15) is 9.59 Å². The third kappa shape index (κ3) is 4.22. The number of carbonyl (C=O) groups excluding carboxylic acids is 2. The van der Waals surface area contributed by atoms with Crippen LogP contribution in [0.1, 0.15) is 20.3 Å². The number of hydrogen-bond donors (Lipinski definition) is 3. The molecule has 0 aliphatic carbocycles. The molecule has 1 aromatic carbocycles. The molecule has 4 N–H and O–H groups in total. The van der Waals surface area contributed by atoms with Crippen LogP contribution in [-0.4, -0.2) is 24.1 Å². The third-order valence-electron chi connectivity index (χ3n) is 3.29. The molecule has 1 unspecified atom stereocenters. The van der Waals surface area contributed by atoms with E-state index in [1.54, 1.807) is 6.07 Å². The summed E-state index contributed by atoms with van der Waals surface area (Å²) < 4.78 is 0. The normalized spacial score (nSPS) is 15.3. The fourth-order valence-corrected chi connectivity index (χ4v) is 3.07. The van der Waals surface area contributed by atoms with Crippen molar-refractivity contribution in [3.63, 3.8) is 0 Å². The van der Waals surface area contributed by atoms with Crippen LogP contribution in [0.15, 0.2) is 23.1 Å². The van der Waals surface area contributed by atoms with E-state index in [1.165, 1.54) is 11.8 Å². The largest absolute Gasteiger partial charge is 0.330 e. The van der Waals surface area contributed by atoms with Crippen LogP contribution in [0.25, 0.3) is 0 Å². The minimum absolute atomic E-state index is 0.0179. The van der Waals surface area contributed by atoms with E-state index in [0.29, 0.717) is 23.9 Å². The van der Waals surface area contributed by atoms with Crippen molar-refractivity contribution in [2.24, 2.45) is 17.6 Å². The first-order valence-electron chi connectivity index (χ1n) is 7.07. The van der Waals surface area contributed by atoms with E-state index in [0.717, 1.165) is 17.0 Å². The molecular formula is C15H21N3O2S. The molecule has 0 aromatic heterocycles. The number of nitrogens with one attached hydrogen (secondary N) is 2. The van der Waals surface area contributed by atoms with Gasteiger partial charge >= 0.3 is 0 Å².